The highest BCUT2D eigenvalue weighted by atomic mass is 19.4. The molecule has 164 valence electrons. The molecular weight excluding hydrogens is 404 g/mol. The third-order valence-corrected chi connectivity index (χ3v) is 4.92. The number of ether oxygens (including phenoxy) is 1. The van der Waals surface area contributed by atoms with Crippen molar-refractivity contribution in [2.75, 3.05) is 19.0 Å². The van der Waals surface area contributed by atoms with E-state index in [9.17, 15) is 27.5 Å². The Bertz CT molecular complexity index is 915. The summed E-state index contributed by atoms with van der Waals surface area (Å²) in [4.78, 5) is 11.5. The van der Waals surface area contributed by atoms with Gasteiger partial charge in [-0.25, -0.2) is 4.39 Å². The summed E-state index contributed by atoms with van der Waals surface area (Å²) in [6.07, 6.45) is -5.81. The third-order valence-electron chi connectivity index (χ3n) is 4.92. The summed E-state index contributed by atoms with van der Waals surface area (Å²) in [5, 5.41) is 13.1. The Labute approximate surface area is 171 Å². The van der Waals surface area contributed by atoms with E-state index in [1.54, 1.807) is 0 Å². The Balaban J connectivity index is 2.38. The summed E-state index contributed by atoms with van der Waals surface area (Å²) in [6, 6.07) is 9.32. The van der Waals surface area contributed by atoms with E-state index in [0.717, 1.165) is 12.1 Å². The number of aliphatic hydroxyl groups is 1. The Morgan fingerprint density at radius 2 is 1.80 bits per heavy atom. The molecule has 0 fully saturated rings. The smallest absolute Gasteiger partial charge is 0.418 e. The number of hydrogen-bond donors (Lipinski definition) is 3. The molecule has 0 aliphatic heterocycles. The zero-order chi connectivity index (χ0) is 22.7. The van der Waals surface area contributed by atoms with Gasteiger partial charge in [0.05, 0.1) is 19.2 Å². The number of alkyl halides is 3. The van der Waals surface area contributed by atoms with Crippen molar-refractivity contribution < 1.29 is 32.2 Å². The molecule has 0 aliphatic rings. The standard InChI is InChI=1S/C21H24F4N2O3/c1-19(2,15-10-13(22)8-9-17(15)30-3)11-20(29,21(23,24)25)12-27-16-7-5-4-6-14(16)18(26)28/h4-10,27,29H,11-12H2,1-3H3,(H2,26,28). The van der Waals surface area contributed by atoms with Crippen molar-refractivity contribution >= 4 is 11.6 Å². The number of hydrogen-bond acceptors (Lipinski definition) is 4. The van der Waals surface area contributed by atoms with Crippen molar-refractivity contribution in [1.29, 1.82) is 0 Å². The molecule has 4 N–H and O–H groups in total. The maximum absolute atomic E-state index is 13.9. The topological polar surface area (TPSA) is 84.6 Å². The van der Waals surface area contributed by atoms with Gasteiger partial charge in [-0.15, -0.1) is 0 Å². The number of para-hydroxylation sites is 1. The number of amides is 1. The van der Waals surface area contributed by atoms with Gasteiger partial charge in [0.25, 0.3) is 5.91 Å². The van der Waals surface area contributed by atoms with Gasteiger partial charge in [-0.2, -0.15) is 13.2 Å². The van der Waals surface area contributed by atoms with Gasteiger partial charge >= 0.3 is 6.18 Å². The molecule has 0 radical (unpaired) electrons. The van der Waals surface area contributed by atoms with E-state index >= 15 is 0 Å². The second-order valence-electron chi connectivity index (χ2n) is 7.70. The maximum Gasteiger partial charge on any atom is 0.418 e. The minimum absolute atomic E-state index is 0.00640. The van der Waals surface area contributed by atoms with Crippen LogP contribution in [0.4, 0.5) is 23.2 Å². The van der Waals surface area contributed by atoms with Crippen LogP contribution in [0.15, 0.2) is 42.5 Å². The second kappa shape index (κ2) is 8.51. The highest BCUT2D eigenvalue weighted by molar-refractivity contribution is 5.98. The predicted molar refractivity (Wildman–Crippen MR) is 105 cm³/mol. The molecule has 1 unspecified atom stereocenters. The normalized spacial score (nSPS) is 14.1. The van der Waals surface area contributed by atoms with E-state index in [-0.39, 0.29) is 22.6 Å². The summed E-state index contributed by atoms with van der Waals surface area (Å²) in [5.41, 5.74) is 0.980. The van der Waals surface area contributed by atoms with Crippen molar-refractivity contribution in [1.82, 2.24) is 0 Å². The summed E-state index contributed by atoms with van der Waals surface area (Å²) >= 11 is 0. The zero-order valence-corrected chi connectivity index (χ0v) is 16.8. The van der Waals surface area contributed by atoms with Crippen LogP contribution in [0.3, 0.4) is 0 Å². The Kier molecular flexibility index (Phi) is 6.66. The maximum atomic E-state index is 13.9. The summed E-state index contributed by atoms with van der Waals surface area (Å²) < 4.78 is 60.6. The lowest BCUT2D eigenvalue weighted by Crippen LogP contribution is -2.53. The number of nitrogens with one attached hydrogen (secondary N) is 1. The van der Waals surface area contributed by atoms with E-state index in [1.165, 1.54) is 51.3 Å². The number of benzene rings is 2. The summed E-state index contributed by atoms with van der Waals surface area (Å²) in [7, 11) is 1.32. The number of nitrogens with two attached hydrogens (primary N) is 1. The summed E-state index contributed by atoms with van der Waals surface area (Å²) in [5.74, 6) is -1.25. The number of rotatable bonds is 8. The monoisotopic (exact) mass is 428 g/mol. The van der Waals surface area contributed by atoms with Gasteiger partial charge in [-0.1, -0.05) is 26.0 Å². The predicted octanol–water partition coefficient (Wildman–Crippen LogP) is 4.01. The number of primary amides is 1. The van der Waals surface area contributed by atoms with E-state index in [4.69, 9.17) is 10.5 Å². The number of carbonyl (C=O) groups is 1. The average molecular weight is 428 g/mol. The fourth-order valence-electron chi connectivity index (χ4n) is 3.39. The van der Waals surface area contributed by atoms with Gasteiger partial charge in [-0.3, -0.25) is 4.79 Å². The van der Waals surface area contributed by atoms with Crippen molar-refractivity contribution in [2.45, 2.75) is 37.5 Å². The Morgan fingerprint density at radius 3 is 2.37 bits per heavy atom. The van der Waals surface area contributed by atoms with E-state index in [0.29, 0.717) is 0 Å². The first-order chi connectivity index (χ1) is 13.8. The van der Waals surface area contributed by atoms with Gasteiger partial charge in [0.1, 0.15) is 11.6 Å². The molecule has 0 saturated heterocycles. The van der Waals surface area contributed by atoms with Crippen LogP contribution in [0.2, 0.25) is 0 Å². The van der Waals surface area contributed by atoms with Crippen molar-refractivity contribution in [2.24, 2.45) is 5.73 Å². The second-order valence-corrected chi connectivity index (χ2v) is 7.70. The summed E-state index contributed by atoms with van der Waals surface area (Å²) in [6.45, 7) is 1.97. The zero-order valence-electron chi connectivity index (χ0n) is 16.8. The highest BCUT2D eigenvalue weighted by Crippen LogP contribution is 2.43. The van der Waals surface area contributed by atoms with E-state index < -0.39 is 41.9 Å². The molecule has 30 heavy (non-hydrogen) atoms. The molecule has 0 spiro atoms. The Morgan fingerprint density at radius 1 is 1.17 bits per heavy atom. The van der Waals surface area contributed by atoms with Crippen molar-refractivity contribution in [3.63, 3.8) is 0 Å². The van der Waals surface area contributed by atoms with E-state index in [1.807, 2.05) is 0 Å². The van der Waals surface area contributed by atoms with Crippen molar-refractivity contribution in [3.8, 4) is 5.75 Å². The van der Waals surface area contributed by atoms with Crippen LogP contribution < -0.4 is 15.8 Å². The molecule has 2 aromatic carbocycles. The van der Waals surface area contributed by atoms with E-state index in [2.05, 4.69) is 5.32 Å². The fraction of sp³-hybridized carbons (Fsp3) is 0.381. The molecule has 0 saturated carbocycles. The van der Waals surface area contributed by atoms with Gasteiger partial charge in [-0.05, 0) is 42.2 Å². The van der Waals surface area contributed by atoms with Gasteiger partial charge in [0.2, 0.25) is 0 Å². The number of halogens is 4. The molecule has 1 atom stereocenters. The minimum atomic E-state index is -5.01. The van der Waals surface area contributed by atoms with Crippen LogP contribution in [0.1, 0.15) is 36.2 Å². The molecule has 5 nitrogen and oxygen atoms in total. The van der Waals surface area contributed by atoms with Crippen LogP contribution in [-0.2, 0) is 5.41 Å². The molecule has 0 heterocycles. The van der Waals surface area contributed by atoms with Crippen LogP contribution in [-0.4, -0.2) is 36.4 Å². The van der Waals surface area contributed by atoms with Crippen LogP contribution in [0, 0.1) is 5.82 Å². The number of carbonyl (C=O) groups excluding carboxylic acids is 1. The van der Waals surface area contributed by atoms with Crippen molar-refractivity contribution in [3.05, 3.63) is 59.4 Å². The van der Waals surface area contributed by atoms with Gasteiger partial charge in [0, 0.05) is 11.3 Å². The first kappa shape index (κ1) is 23.5. The largest absolute Gasteiger partial charge is 0.496 e. The Hall–Kier alpha value is -2.81. The number of anilines is 1. The van der Waals surface area contributed by atoms with Crippen LogP contribution >= 0.6 is 0 Å². The highest BCUT2D eigenvalue weighted by Gasteiger charge is 2.56. The lowest BCUT2D eigenvalue weighted by molar-refractivity contribution is -0.260. The number of methoxy groups -OCH3 is 1. The molecule has 2 rings (SSSR count). The SMILES string of the molecule is COc1ccc(F)cc1C(C)(C)CC(O)(CNc1ccccc1C(N)=O)C(F)(F)F. The molecule has 0 aliphatic carbocycles. The minimum Gasteiger partial charge on any atom is -0.496 e. The lowest BCUT2D eigenvalue weighted by atomic mass is 9.74. The average Bonchev–Trinajstić information content (AvgIpc) is 2.65. The first-order valence-corrected chi connectivity index (χ1v) is 9.06. The quantitative estimate of drug-likeness (QED) is 0.555. The van der Waals surface area contributed by atoms with Gasteiger partial charge < -0.3 is 20.9 Å². The van der Waals surface area contributed by atoms with Gasteiger partial charge in [0.15, 0.2) is 5.60 Å². The van der Waals surface area contributed by atoms with Crippen LogP contribution in [0.5, 0.6) is 5.75 Å². The van der Waals surface area contributed by atoms with Crippen LogP contribution in [0.25, 0.3) is 0 Å². The molecular formula is C21H24F4N2O3. The molecule has 0 bridgehead atoms. The lowest BCUT2D eigenvalue weighted by Gasteiger charge is -2.38. The third kappa shape index (κ3) is 5.02. The molecule has 2 aromatic rings. The first-order valence-electron chi connectivity index (χ1n) is 9.06. The fourth-order valence-corrected chi connectivity index (χ4v) is 3.39. The molecule has 9 heteroatoms. The molecule has 0 aromatic heterocycles. The molecule has 1 amide bonds.